The quantitative estimate of drug-likeness (QED) is 0.874. The number of aryl methyl sites for hydroxylation is 1. The van der Waals surface area contributed by atoms with E-state index in [-0.39, 0.29) is 6.04 Å². The molecule has 5 nitrogen and oxygen atoms in total. The van der Waals surface area contributed by atoms with Gasteiger partial charge in [-0.1, -0.05) is 6.07 Å². The Hall–Kier alpha value is -1.88. The van der Waals surface area contributed by atoms with Crippen molar-refractivity contribution in [1.29, 1.82) is 0 Å². The van der Waals surface area contributed by atoms with Crippen LogP contribution in [0.5, 0.6) is 5.75 Å². The number of phenols is 1. The van der Waals surface area contributed by atoms with Gasteiger partial charge in [-0.25, -0.2) is 4.98 Å². The summed E-state index contributed by atoms with van der Waals surface area (Å²) < 4.78 is 1.92. The molecule has 5 heteroatoms. The summed E-state index contributed by atoms with van der Waals surface area (Å²) in [6, 6.07) is 5.84. The molecule has 0 fully saturated rings. The highest BCUT2D eigenvalue weighted by Gasteiger charge is 2.22. The molecule has 0 amide bonds. The summed E-state index contributed by atoms with van der Waals surface area (Å²) in [6.07, 6.45) is 3.40. The van der Waals surface area contributed by atoms with Gasteiger partial charge in [0.1, 0.15) is 17.9 Å². The van der Waals surface area contributed by atoms with Gasteiger partial charge in [0, 0.05) is 19.0 Å². The van der Waals surface area contributed by atoms with Gasteiger partial charge in [-0.15, -0.1) is 0 Å². The summed E-state index contributed by atoms with van der Waals surface area (Å²) in [5, 5.41) is 17.4. The largest absolute Gasteiger partial charge is 0.508 e. The first-order valence-corrected chi connectivity index (χ1v) is 6.69. The van der Waals surface area contributed by atoms with E-state index in [1.165, 1.54) is 11.1 Å². The van der Waals surface area contributed by atoms with Crippen molar-refractivity contribution in [3.05, 3.63) is 41.5 Å². The monoisotopic (exact) mass is 258 g/mol. The molecule has 19 heavy (non-hydrogen) atoms. The van der Waals surface area contributed by atoms with Crippen LogP contribution in [0.3, 0.4) is 0 Å². The Balaban J connectivity index is 1.89. The van der Waals surface area contributed by atoms with Gasteiger partial charge >= 0.3 is 0 Å². The van der Waals surface area contributed by atoms with Gasteiger partial charge in [0.15, 0.2) is 0 Å². The Kier molecular flexibility index (Phi) is 3.21. The van der Waals surface area contributed by atoms with Crippen LogP contribution < -0.4 is 5.32 Å². The maximum atomic E-state index is 9.67. The number of phenolic OH excluding ortho intramolecular Hbond substituents is 1. The number of nitrogens with zero attached hydrogens (tertiary/aromatic N) is 3. The minimum absolute atomic E-state index is 0.199. The van der Waals surface area contributed by atoms with Crippen LogP contribution in [-0.2, 0) is 19.4 Å². The summed E-state index contributed by atoms with van der Waals surface area (Å²) in [4.78, 5) is 4.33. The molecular formula is C14H18N4O. The van der Waals surface area contributed by atoms with Crippen molar-refractivity contribution >= 4 is 0 Å². The first-order valence-electron chi connectivity index (χ1n) is 6.69. The lowest BCUT2D eigenvalue weighted by molar-refractivity contribution is 0.456. The van der Waals surface area contributed by atoms with Gasteiger partial charge < -0.3 is 10.4 Å². The fraction of sp³-hybridized carbons (Fsp3) is 0.429. The van der Waals surface area contributed by atoms with E-state index in [0.717, 1.165) is 31.8 Å². The molecule has 1 aliphatic heterocycles. The minimum Gasteiger partial charge on any atom is -0.508 e. The minimum atomic E-state index is 0.199. The Bertz CT molecular complexity index is 579. The Labute approximate surface area is 112 Å². The molecule has 1 unspecified atom stereocenters. The summed E-state index contributed by atoms with van der Waals surface area (Å²) in [5.74, 6) is 1.31. The molecule has 1 aliphatic rings. The van der Waals surface area contributed by atoms with Crippen molar-refractivity contribution in [2.45, 2.75) is 32.4 Å². The zero-order valence-corrected chi connectivity index (χ0v) is 11.0. The average molecular weight is 258 g/mol. The lowest BCUT2D eigenvalue weighted by atomic mass is 9.92. The van der Waals surface area contributed by atoms with Crippen LogP contribution >= 0.6 is 0 Å². The van der Waals surface area contributed by atoms with Gasteiger partial charge in [0.2, 0.25) is 0 Å². The standard InChI is InChI=1S/C14H18N4O/c1-2-18-14(16-9-17-18)8-13-12-7-11(19)4-3-10(12)5-6-15-13/h3-4,7,9,13,15,19H,2,5-6,8H2,1H3. The van der Waals surface area contributed by atoms with Crippen LogP contribution in [0.4, 0.5) is 0 Å². The van der Waals surface area contributed by atoms with E-state index in [4.69, 9.17) is 0 Å². The molecule has 1 atom stereocenters. The molecule has 3 rings (SSSR count). The molecule has 0 saturated heterocycles. The number of aromatic hydroxyl groups is 1. The molecule has 2 heterocycles. The van der Waals surface area contributed by atoms with Gasteiger partial charge in [-0.05, 0) is 43.1 Å². The van der Waals surface area contributed by atoms with E-state index in [0.29, 0.717) is 5.75 Å². The molecular weight excluding hydrogens is 240 g/mol. The van der Waals surface area contributed by atoms with E-state index in [9.17, 15) is 5.11 Å². The molecule has 0 saturated carbocycles. The van der Waals surface area contributed by atoms with E-state index in [1.807, 2.05) is 16.8 Å². The second-order valence-corrected chi connectivity index (χ2v) is 4.84. The van der Waals surface area contributed by atoms with Crippen molar-refractivity contribution in [2.24, 2.45) is 0 Å². The highest BCUT2D eigenvalue weighted by Crippen LogP contribution is 2.28. The van der Waals surface area contributed by atoms with Gasteiger partial charge in [-0.2, -0.15) is 5.10 Å². The van der Waals surface area contributed by atoms with Crippen molar-refractivity contribution in [1.82, 2.24) is 20.1 Å². The summed E-state index contributed by atoms with van der Waals surface area (Å²) in [7, 11) is 0. The van der Waals surface area contributed by atoms with Gasteiger partial charge in [0.05, 0.1) is 0 Å². The molecule has 2 aromatic rings. The van der Waals surface area contributed by atoms with Crippen LogP contribution in [-0.4, -0.2) is 26.4 Å². The maximum Gasteiger partial charge on any atom is 0.138 e. The van der Waals surface area contributed by atoms with Crippen LogP contribution in [0.1, 0.15) is 29.9 Å². The fourth-order valence-corrected chi connectivity index (χ4v) is 2.70. The summed E-state index contributed by atoms with van der Waals surface area (Å²) in [5.41, 5.74) is 2.49. The number of fused-ring (bicyclic) bond motifs is 1. The lowest BCUT2D eigenvalue weighted by Crippen LogP contribution is -2.31. The molecule has 2 N–H and O–H groups in total. The number of benzene rings is 1. The van der Waals surface area contributed by atoms with Crippen LogP contribution in [0.2, 0.25) is 0 Å². The summed E-state index contributed by atoms with van der Waals surface area (Å²) in [6.45, 7) is 3.85. The van der Waals surface area contributed by atoms with Gasteiger partial charge in [-0.3, -0.25) is 4.68 Å². The van der Waals surface area contributed by atoms with Gasteiger partial charge in [0.25, 0.3) is 0 Å². The molecule has 0 aliphatic carbocycles. The number of rotatable bonds is 3. The highest BCUT2D eigenvalue weighted by atomic mass is 16.3. The maximum absolute atomic E-state index is 9.67. The van der Waals surface area contributed by atoms with E-state index in [2.05, 4.69) is 22.3 Å². The molecule has 0 bridgehead atoms. The van der Waals surface area contributed by atoms with Crippen LogP contribution in [0.15, 0.2) is 24.5 Å². The SMILES string of the molecule is CCn1ncnc1CC1NCCc2ccc(O)cc21. The van der Waals surface area contributed by atoms with E-state index < -0.39 is 0 Å². The molecule has 0 spiro atoms. The highest BCUT2D eigenvalue weighted by molar-refractivity contribution is 5.39. The molecule has 0 radical (unpaired) electrons. The molecule has 100 valence electrons. The van der Waals surface area contributed by atoms with Crippen molar-refractivity contribution in [2.75, 3.05) is 6.54 Å². The second kappa shape index (κ2) is 5.01. The Morgan fingerprint density at radius 1 is 1.47 bits per heavy atom. The predicted molar refractivity (Wildman–Crippen MR) is 72.0 cm³/mol. The topological polar surface area (TPSA) is 63.0 Å². The van der Waals surface area contributed by atoms with Crippen molar-refractivity contribution < 1.29 is 5.11 Å². The predicted octanol–water partition coefficient (Wildman–Crippen LogP) is 1.43. The molecule has 1 aromatic heterocycles. The third-order valence-corrected chi connectivity index (χ3v) is 3.67. The van der Waals surface area contributed by atoms with E-state index >= 15 is 0 Å². The fourth-order valence-electron chi connectivity index (χ4n) is 2.70. The normalized spacial score (nSPS) is 18.3. The molecule has 1 aromatic carbocycles. The smallest absolute Gasteiger partial charge is 0.138 e. The van der Waals surface area contributed by atoms with Crippen LogP contribution in [0, 0.1) is 0 Å². The lowest BCUT2D eigenvalue weighted by Gasteiger charge is -2.26. The third kappa shape index (κ3) is 2.33. The number of hydrogen-bond donors (Lipinski definition) is 2. The van der Waals surface area contributed by atoms with E-state index in [1.54, 1.807) is 12.4 Å². The first kappa shape index (κ1) is 12.2. The second-order valence-electron chi connectivity index (χ2n) is 4.84. The zero-order valence-electron chi connectivity index (χ0n) is 11.0. The number of nitrogens with one attached hydrogen (secondary N) is 1. The Morgan fingerprint density at radius 2 is 2.37 bits per heavy atom. The van der Waals surface area contributed by atoms with Crippen molar-refractivity contribution in [3.63, 3.8) is 0 Å². The van der Waals surface area contributed by atoms with Crippen molar-refractivity contribution in [3.8, 4) is 5.75 Å². The first-order chi connectivity index (χ1) is 9.28. The summed E-state index contributed by atoms with van der Waals surface area (Å²) >= 11 is 0. The number of hydrogen-bond acceptors (Lipinski definition) is 4. The average Bonchev–Trinajstić information content (AvgIpc) is 2.87. The van der Waals surface area contributed by atoms with Crippen LogP contribution in [0.25, 0.3) is 0 Å². The zero-order chi connectivity index (χ0) is 13.2. The number of aromatic nitrogens is 3. The Morgan fingerprint density at radius 3 is 3.21 bits per heavy atom. The third-order valence-electron chi connectivity index (χ3n) is 3.67.